The van der Waals surface area contributed by atoms with Crippen molar-refractivity contribution in [2.75, 3.05) is 5.32 Å². The van der Waals surface area contributed by atoms with Crippen LogP contribution < -0.4 is 5.32 Å². The first-order chi connectivity index (χ1) is 10.6. The van der Waals surface area contributed by atoms with Gasteiger partial charge in [0.25, 0.3) is 0 Å². The molecule has 116 valence electrons. The van der Waals surface area contributed by atoms with Crippen LogP contribution in [-0.2, 0) is 17.8 Å². The summed E-state index contributed by atoms with van der Waals surface area (Å²) in [5.41, 5.74) is 2.06. The van der Waals surface area contributed by atoms with Crippen molar-refractivity contribution in [2.24, 2.45) is 0 Å². The summed E-state index contributed by atoms with van der Waals surface area (Å²) in [7, 11) is 0. The Kier molecular flexibility index (Phi) is 5.77. The van der Waals surface area contributed by atoms with Crippen LogP contribution in [-0.4, -0.2) is 25.9 Å². The van der Waals surface area contributed by atoms with Crippen LogP contribution in [0, 0.1) is 0 Å². The average molecular weight is 316 g/mol. The summed E-state index contributed by atoms with van der Waals surface area (Å²) in [6.45, 7) is 8.28. The Morgan fingerprint density at radius 3 is 2.82 bits per heavy atom. The highest BCUT2D eigenvalue weighted by Gasteiger charge is 2.17. The molecule has 22 heavy (non-hydrogen) atoms. The number of benzene rings is 1. The molecule has 1 heterocycles. The Bertz CT molecular complexity index is 636. The molecule has 1 aromatic carbocycles. The van der Waals surface area contributed by atoms with E-state index in [2.05, 4.69) is 29.0 Å². The third-order valence-corrected chi connectivity index (χ3v) is 4.28. The second-order valence-electron chi connectivity index (χ2n) is 4.85. The Labute approximate surface area is 134 Å². The minimum atomic E-state index is -0.265. The zero-order chi connectivity index (χ0) is 15.9. The molecule has 2 rings (SSSR count). The fourth-order valence-electron chi connectivity index (χ4n) is 1.88. The van der Waals surface area contributed by atoms with Crippen molar-refractivity contribution in [2.45, 2.75) is 37.2 Å². The molecule has 0 saturated heterocycles. The lowest BCUT2D eigenvalue weighted by molar-refractivity contribution is -0.115. The van der Waals surface area contributed by atoms with Gasteiger partial charge in [-0.25, -0.2) is 0 Å². The second kappa shape index (κ2) is 7.79. The van der Waals surface area contributed by atoms with Gasteiger partial charge in [0, 0.05) is 12.2 Å². The average Bonchev–Trinajstić information content (AvgIpc) is 2.95. The lowest BCUT2D eigenvalue weighted by atomic mass is 10.1. The van der Waals surface area contributed by atoms with Crippen molar-refractivity contribution in [3.05, 3.63) is 48.8 Å². The molecule has 0 aliphatic rings. The van der Waals surface area contributed by atoms with Gasteiger partial charge in [-0.3, -0.25) is 4.79 Å². The normalized spacial score (nSPS) is 11.9. The predicted molar refractivity (Wildman–Crippen MR) is 90.0 cm³/mol. The van der Waals surface area contributed by atoms with E-state index < -0.39 is 0 Å². The largest absolute Gasteiger partial charge is 0.325 e. The number of amides is 1. The van der Waals surface area contributed by atoms with E-state index in [1.807, 2.05) is 35.8 Å². The minimum absolute atomic E-state index is 0.0533. The van der Waals surface area contributed by atoms with E-state index in [4.69, 9.17) is 0 Å². The van der Waals surface area contributed by atoms with Crippen molar-refractivity contribution in [1.82, 2.24) is 14.8 Å². The number of hydrogen-bond acceptors (Lipinski definition) is 4. The van der Waals surface area contributed by atoms with Gasteiger partial charge in [0.2, 0.25) is 5.91 Å². The summed E-state index contributed by atoms with van der Waals surface area (Å²) in [6, 6.07) is 7.89. The lowest BCUT2D eigenvalue weighted by Gasteiger charge is -2.12. The van der Waals surface area contributed by atoms with Gasteiger partial charge in [-0.1, -0.05) is 36.9 Å². The molecule has 0 aliphatic carbocycles. The van der Waals surface area contributed by atoms with Crippen LogP contribution in [0.4, 0.5) is 5.69 Å². The van der Waals surface area contributed by atoms with Gasteiger partial charge in [0.05, 0.1) is 5.25 Å². The molecule has 1 N–H and O–H groups in total. The first kappa shape index (κ1) is 16.3. The number of nitrogens with zero attached hydrogens (tertiary/aromatic N) is 3. The molecular weight excluding hydrogens is 296 g/mol. The highest BCUT2D eigenvalue weighted by Crippen LogP contribution is 2.22. The predicted octanol–water partition coefficient (Wildman–Crippen LogP) is 3.15. The lowest BCUT2D eigenvalue weighted by Crippen LogP contribution is -2.22. The van der Waals surface area contributed by atoms with Crippen molar-refractivity contribution in [3.8, 4) is 0 Å². The number of nitrogens with one attached hydrogen (secondary N) is 1. The Morgan fingerprint density at radius 1 is 1.45 bits per heavy atom. The topological polar surface area (TPSA) is 59.8 Å². The van der Waals surface area contributed by atoms with E-state index in [0.29, 0.717) is 11.7 Å². The van der Waals surface area contributed by atoms with Crippen LogP contribution in [0.3, 0.4) is 0 Å². The summed E-state index contributed by atoms with van der Waals surface area (Å²) in [5, 5.41) is 11.3. The molecule has 0 saturated carbocycles. The fourth-order valence-corrected chi connectivity index (χ4v) is 2.71. The molecule has 0 fully saturated rings. The van der Waals surface area contributed by atoms with Gasteiger partial charge in [-0.2, -0.15) is 0 Å². The zero-order valence-corrected chi connectivity index (χ0v) is 13.6. The molecule has 0 radical (unpaired) electrons. The highest BCUT2D eigenvalue weighted by molar-refractivity contribution is 8.00. The van der Waals surface area contributed by atoms with E-state index >= 15 is 0 Å². The van der Waals surface area contributed by atoms with Crippen LogP contribution in [0.25, 0.3) is 0 Å². The van der Waals surface area contributed by atoms with Crippen molar-refractivity contribution in [3.63, 3.8) is 0 Å². The monoisotopic (exact) mass is 316 g/mol. The molecule has 0 aliphatic heterocycles. The molecular formula is C16H20N4OS. The number of carbonyl (C=O) groups excluding carboxylic acids is 1. The third kappa shape index (κ3) is 4.21. The standard InChI is InChI=1S/C16H20N4OS/c1-4-10-20-11-17-19-16(20)22-12(3)15(21)18-14-8-6-13(5-2)7-9-14/h4,6-9,11-12H,1,5,10H2,2-3H3,(H,18,21)/t12-/m1/s1. The molecule has 1 atom stereocenters. The van der Waals surface area contributed by atoms with Crippen LogP contribution in [0.15, 0.2) is 48.4 Å². The molecule has 0 spiro atoms. The quantitative estimate of drug-likeness (QED) is 0.630. The highest BCUT2D eigenvalue weighted by atomic mass is 32.2. The van der Waals surface area contributed by atoms with Crippen LogP contribution in [0.5, 0.6) is 0 Å². The molecule has 0 bridgehead atoms. The molecule has 1 amide bonds. The van der Waals surface area contributed by atoms with Gasteiger partial charge >= 0.3 is 0 Å². The van der Waals surface area contributed by atoms with Gasteiger partial charge in [0.15, 0.2) is 5.16 Å². The number of allylic oxidation sites excluding steroid dienone is 1. The van der Waals surface area contributed by atoms with E-state index in [0.717, 1.165) is 12.1 Å². The van der Waals surface area contributed by atoms with E-state index in [-0.39, 0.29) is 11.2 Å². The smallest absolute Gasteiger partial charge is 0.237 e. The minimum Gasteiger partial charge on any atom is -0.325 e. The zero-order valence-electron chi connectivity index (χ0n) is 12.8. The number of aromatic nitrogens is 3. The summed E-state index contributed by atoms with van der Waals surface area (Å²) in [5.74, 6) is -0.0533. The number of carbonyl (C=O) groups is 1. The van der Waals surface area contributed by atoms with Crippen LogP contribution >= 0.6 is 11.8 Å². The third-order valence-electron chi connectivity index (χ3n) is 3.19. The first-order valence-corrected chi connectivity index (χ1v) is 8.07. The number of rotatable bonds is 7. The summed E-state index contributed by atoms with van der Waals surface area (Å²) < 4.78 is 1.86. The van der Waals surface area contributed by atoms with E-state index in [9.17, 15) is 4.79 Å². The second-order valence-corrected chi connectivity index (χ2v) is 6.16. The Morgan fingerprint density at radius 2 is 2.18 bits per heavy atom. The van der Waals surface area contributed by atoms with E-state index in [1.165, 1.54) is 17.3 Å². The maximum atomic E-state index is 12.3. The van der Waals surface area contributed by atoms with Crippen molar-refractivity contribution in [1.29, 1.82) is 0 Å². The van der Waals surface area contributed by atoms with Gasteiger partial charge in [0.1, 0.15) is 6.33 Å². The van der Waals surface area contributed by atoms with Gasteiger partial charge in [-0.15, -0.1) is 16.8 Å². The maximum absolute atomic E-state index is 12.3. The molecule has 5 nitrogen and oxygen atoms in total. The molecule has 6 heteroatoms. The Hall–Kier alpha value is -2.08. The van der Waals surface area contributed by atoms with Crippen LogP contribution in [0.2, 0.25) is 0 Å². The molecule has 1 aromatic heterocycles. The molecule has 2 aromatic rings. The van der Waals surface area contributed by atoms with E-state index in [1.54, 1.807) is 12.4 Å². The fraction of sp³-hybridized carbons (Fsp3) is 0.312. The summed E-state index contributed by atoms with van der Waals surface area (Å²) in [4.78, 5) is 12.3. The number of aryl methyl sites for hydroxylation is 1. The number of thioether (sulfide) groups is 1. The van der Waals surface area contributed by atoms with Gasteiger partial charge in [-0.05, 0) is 31.0 Å². The van der Waals surface area contributed by atoms with Crippen molar-refractivity contribution >= 4 is 23.4 Å². The number of hydrogen-bond donors (Lipinski definition) is 1. The van der Waals surface area contributed by atoms with Crippen LogP contribution in [0.1, 0.15) is 19.4 Å². The summed E-state index contributed by atoms with van der Waals surface area (Å²) >= 11 is 1.38. The molecule has 0 unspecified atom stereocenters. The van der Waals surface area contributed by atoms with Crippen molar-refractivity contribution < 1.29 is 4.79 Å². The Balaban J connectivity index is 1.96. The first-order valence-electron chi connectivity index (χ1n) is 7.19. The summed E-state index contributed by atoms with van der Waals surface area (Å²) in [6.07, 6.45) is 4.39. The van der Waals surface area contributed by atoms with Gasteiger partial charge < -0.3 is 9.88 Å². The maximum Gasteiger partial charge on any atom is 0.237 e. The number of anilines is 1. The SMILES string of the molecule is C=CCn1cnnc1S[C@H](C)C(=O)Nc1ccc(CC)cc1.